The van der Waals surface area contributed by atoms with Crippen molar-refractivity contribution in [3.8, 4) is 0 Å². The van der Waals surface area contributed by atoms with Crippen LogP contribution in [0.5, 0.6) is 0 Å². The quantitative estimate of drug-likeness (QED) is 0.270. The Labute approximate surface area is 225 Å². The van der Waals surface area contributed by atoms with E-state index in [0.717, 1.165) is 30.8 Å². The van der Waals surface area contributed by atoms with Crippen molar-refractivity contribution in [1.82, 2.24) is 10.3 Å². The second-order valence-corrected chi connectivity index (χ2v) is 10.1. The van der Waals surface area contributed by atoms with Crippen LogP contribution < -0.4 is 10.2 Å². The molecule has 1 saturated heterocycles. The maximum Gasteiger partial charge on any atom is 0.417 e. The Morgan fingerprint density at radius 1 is 1.08 bits per heavy atom. The summed E-state index contributed by atoms with van der Waals surface area (Å²) >= 11 is 0. The SMILES string of the molecule is CC(NCC1CCN(c2cc(C(F)(F)F)c(C(=O)O)cn2)CC1c1ccccc1)c1cccc2ccccc12. The van der Waals surface area contributed by atoms with Gasteiger partial charge in [0.1, 0.15) is 5.82 Å². The highest BCUT2D eigenvalue weighted by Crippen LogP contribution is 2.38. The summed E-state index contributed by atoms with van der Waals surface area (Å²) in [7, 11) is 0. The second-order valence-electron chi connectivity index (χ2n) is 10.1. The van der Waals surface area contributed by atoms with Crippen LogP contribution >= 0.6 is 0 Å². The highest BCUT2D eigenvalue weighted by atomic mass is 19.4. The topological polar surface area (TPSA) is 65.5 Å². The number of anilines is 1. The van der Waals surface area contributed by atoms with Gasteiger partial charge in [-0.2, -0.15) is 13.2 Å². The van der Waals surface area contributed by atoms with Crippen molar-refractivity contribution in [2.75, 3.05) is 24.5 Å². The summed E-state index contributed by atoms with van der Waals surface area (Å²) in [6.07, 6.45) is -3.22. The molecule has 1 aliphatic rings. The van der Waals surface area contributed by atoms with Gasteiger partial charge in [-0.25, -0.2) is 9.78 Å². The molecule has 1 aliphatic heterocycles. The zero-order chi connectivity index (χ0) is 27.6. The molecule has 0 aliphatic carbocycles. The molecule has 0 bridgehead atoms. The lowest BCUT2D eigenvalue weighted by atomic mass is 9.80. The molecule has 3 aromatic carbocycles. The molecule has 3 atom stereocenters. The van der Waals surface area contributed by atoms with Gasteiger partial charge in [-0.3, -0.25) is 0 Å². The normalized spacial score (nSPS) is 18.7. The predicted molar refractivity (Wildman–Crippen MR) is 146 cm³/mol. The van der Waals surface area contributed by atoms with E-state index in [1.165, 1.54) is 16.3 Å². The van der Waals surface area contributed by atoms with Crippen LogP contribution in [0.2, 0.25) is 0 Å². The number of pyridine rings is 1. The summed E-state index contributed by atoms with van der Waals surface area (Å²) < 4.78 is 41.0. The Morgan fingerprint density at radius 3 is 2.54 bits per heavy atom. The van der Waals surface area contributed by atoms with E-state index in [4.69, 9.17) is 0 Å². The van der Waals surface area contributed by atoms with Crippen LogP contribution in [0.25, 0.3) is 10.8 Å². The standard InChI is InChI=1S/C31H30F3N3O2/c1-20(24-13-7-11-21-10-5-6-12-25(21)24)35-17-23-14-15-37(19-27(23)22-8-3-2-4-9-22)29-16-28(31(32,33)34)26(18-36-29)30(38)39/h2-13,16,18,20,23,27,35H,14-15,17,19H2,1H3,(H,38,39). The fraction of sp³-hybridized carbons (Fsp3) is 0.290. The number of carboxylic acids is 1. The number of nitrogens with one attached hydrogen (secondary N) is 1. The number of rotatable bonds is 7. The number of fused-ring (bicyclic) bond motifs is 1. The van der Waals surface area contributed by atoms with E-state index in [-0.39, 0.29) is 23.7 Å². The number of benzene rings is 3. The molecule has 3 unspecified atom stereocenters. The van der Waals surface area contributed by atoms with E-state index in [1.807, 2.05) is 35.2 Å². The average molecular weight is 534 g/mol. The third kappa shape index (κ3) is 5.76. The van der Waals surface area contributed by atoms with E-state index < -0.39 is 23.3 Å². The first-order valence-electron chi connectivity index (χ1n) is 13.0. The lowest BCUT2D eigenvalue weighted by Gasteiger charge is -2.40. The molecule has 39 heavy (non-hydrogen) atoms. The molecular formula is C31H30F3N3O2. The Bertz CT molecular complexity index is 1450. The van der Waals surface area contributed by atoms with Gasteiger partial charge in [0.15, 0.2) is 0 Å². The molecule has 8 heteroatoms. The molecule has 2 N–H and O–H groups in total. The number of halogens is 3. The fourth-order valence-corrected chi connectivity index (χ4v) is 5.62. The second kappa shape index (κ2) is 11.1. The number of carbonyl (C=O) groups is 1. The highest BCUT2D eigenvalue weighted by molar-refractivity contribution is 5.89. The average Bonchev–Trinajstić information content (AvgIpc) is 2.95. The number of aromatic nitrogens is 1. The van der Waals surface area contributed by atoms with E-state index in [1.54, 1.807) is 0 Å². The number of piperidine rings is 1. The fourth-order valence-electron chi connectivity index (χ4n) is 5.62. The largest absolute Gasteiger partial charge is 0.478 e. The van der Waals surface area contributed by atoms with E-state index in [0.29, 0.717) is 13.1 Å². The minimum atomic E-state index is -4.79. The van der Waals surface area contributed by atoms with Crippen molar-refractivity contribution in [2.45, 2.75) is 31.5 Å². The minimum absolute atomic E-state index is 0.0578. The van der Waals surface area contributed by atoms with E-state index in [9.17, 15) is 23.1 Å². The molecule has 4 aromatic rings. The number of hydrogen-bond donors (Lipinski definition) is 2. The number of carboxylic acid groups (broad SMARTS) is 1. The van der Waals surface area contributed by atoms with Crippen LogP contribution in [0, 0.1) is 5.92 Å². The highest BCUT2D eigenvalue weighted by Gasteiger charge is 2.38. The van der Waals surface area contributed by atoms with Crippen LogP contribution in [0.3, 0.4) is 0 Å². The first kappa shape index (κ1) is 26.7. The molecule has 0 spiro atoms. The molecule has 0 radical (unpaired) electrons. The summed E-state index contributed by atoms with van der Waals surface area (Å²) in [4.78, 5) is 17.3. The maximum atomic E-state index is 13.7. The zero-order valence-corrected chi connectivity index (χ0v) is 21.5. The number of aromatic carboxylic acids is 1. The van der Waals surface area contributed by atoms with Crippen molar-refractivity contribution in [3.63, 3.8) is 0 Å². The van der Waals surface area contributed by atoms with Crippen molar-refractivity contribution < 1.29 is 23.1 Å². The van der Waals surface area contributed by atoms with Crippen molar-refractivity contribution in [3.05, 3.63) is 107 Å². The van der Waals surface area contributed by atoms with Crippen molar-refractivity contribution in [1.29, 1.82) is 0 Å². The molecular weight excluding hydrogens is 503 g/mol. The van der Waals surface area contributed by atoms with Crippen molar-refractivity contribution >= 4 is 22.6 Å². The molecule has 1 fully saturated rings. The predicted octanol–water partition coefficient (Wildman–Crippen LogP) is 6.91. The summed E-state index contributed by atoms with van der Waals surface area (Å²) in [6, 6.07) is 25.6. The van der Waals surface area contributed by atoms with Gasteiger partial charge in [-0.15, -0.1) is 0 Å². The van der Waals surface area contributed by atoms with Crippen LogP contribution in [-0.2, 0) is 6.18 Å². The molecule has 2 heterocycles. The zero-order valence-electron chi connectivity index (χ0n) is 21.5. The van der Waals surface area contributed by atoms with Crippen LogP contribution in [0.4, 0.5) is 19.0 Å². The maximum absolute atomic E-state index is 13.7. The minimum Gasteiger partial charge on any atom is -0.478 e. The monoisotopic (exact) mass is 533 g/mol. The third-order valence-corrected chi connectivity index (χ3v) is 7.71. The lowest BCUT2D eigenvalue weighted by molar-refractivity contribution is -0.138. The van der Waals surface area contributed by atoms with Gasteiger partial charge >= 0.3 is 12.1 Å². The molecule has 202 valence electrons. The molecule has 5 nitrogen and oxygen atoms in total. The summed E-state index contributed by atoms with van der Waals surface area (Å²) in [6.45, 7) is 3.91. The van der Waals surface area contributed by atoms with E-state index in [2.05, 4.69) is 59.7 Å². The number of hydrogen-bond acceptors (Lipinski definition) is 4. The number of nitrogens with zero attached hydrogens (tertiary/aromatic N) is 2. The van der Waals surface area contributed by atoms with Crippen LogP contribution in [-0.4, -0.2) is 35.7 Å². The lowest BCUT2D eigenvalue weighted by Crippen LogP contribution is -2.43. The van der Waals surface area contributed by atoms with Gasteiger partial charge in [-0.05, 0) is 53.8 Å². The van der Waals surface area contributed by atoms with Gasteiger partial charge < -0.3 is 15.3 Å². The molecule has 5 rings (SSSR count). The Balaban J connectivity index is 1.37. The Morgan fingerprint density at radius 2 is 1.79 bits per heavy atom. The summed E-state index contributed by atoms with van der Waals surface area (Å²) in [5, 5.41) is 15.4. The van der Waals surface area contributed by atoms with Gasteiger partial charge in [0.25, 0.3) is 0 Å². The van der Waals surface area contributed by atoms with Crippen LogP contribution in [0.15, 0.2) is 85.1 Å². The van der Waals surface area contributed by atoms with E-state index >= 15 is 0 Å². The van der Waals surface area contributed by atoms with Gasteiger partial charge in [0.2, 0.25) is 0 Å². The van der Waals surface area contributed by atoms with Gasteiger partial charge in [-0.1, -0.05) is 72.8 Å². The third-order valence-electron chi connectivity index (χ3n) is 7.71. The molecule has 0 saturated carbocycles. The first-order chi connectivity index (χ1) is 18.7. The van der Waals surface area contributed by atoms with Gasteiger partial charge in [0.05, 0.1) is 11.1 Å². The summed E-state index contributed by atoms with van der Waals surface area (Å²) in [5.41, 5.74) is 0.325. The Kier molecular flexibility index (Phi) is 7.57. The Hall–Kier alpha value is -3.91. The van der Waals surface area contributed by atoms with Gasteiger partial charge in [0, 0.05) is 31.2 Å². The van der Waals surface area contributed by atoms with Crippen molar-refractivity contribution in [2.24, 2.45) is 5.92 Å². The molecule has 1 aromatic heterocycles. The van der Waals surface area contributed by atoms with Crippen LogP contribution in [0.1, 0.15) is 52.4 Å². The smallest absolute Gasteiger partial charge is 0.417 e. The summed E-state index contributed by atoms with van der Waals surface area (Å²) in [5.74, 6) is -1.19. The first-order valence-corrected chi connectivity index (χ1v) is 13.0. The number of alkyl halides is 3. The molecule has 0 amide bonds.